The molecular formula is C29H38N4O2. The number of amides is 2. The molecule has 0 spiro atoms. The smallest absolute Gasteiger partial charge is 0.268 e. The Labute approximate surface area is 208 Å². The molecule has 1 N–H and O–H groups in total. The summed E-state index contributed by atoms with van der Waals surface area (Å²) in [5, 5.41) is 3.14. The molecule has 0 bridgehead atoms. The van der Waals surface area contributed by atoms with Crippen LogP contribution in [0.2, 0.25) is 0 Å². The van der Waals surface area contributed by atoms with Crippen LogP contribution in [-0.4, -0.2) is 45.7 Å². The highest BCUT2D eigenvalue weighted by molar-refractivity contribution is 5.93. The molecule has 6 nitrogen and oxygen atoms in total. The Balaban J connectivity index is 1.46. The van der Waals surface area contributed by atoms with E-state index in [1.165, 1.54) is 5.56 Å². The van der Waals surface area contributed by atoms with Gasteiger partial charge in [-0.25, -0.2) is 4.98 Å². The van der Waals surface area contributed by atoms with E-state index in [1.54, 1.807) is 4.40 Å². The first-order valence-corrected chi connectivity index (χ1v) is 12.8. The minimum Gasteiger partial charge on any atom is -0.350 e. The molecule has 6 heteroatoms. The van der Waals surface area contributed by atoms with E-state index in [4.69, 9.17) is 0 Å². The summed E-state index contributed by atoms with van der Waals surface area (Å²) in [6.07, 6.45) is 5.27. The molecule has 1 atom stereocenters. The number of hydrogen-bond acceptors (Lipinski definition) is 3. The van der Waals surface area contributed by atoms with Crippen LogP contribution in [0.5, 0.6) is 0 Å². The number of fused-ring (bicyclic) bond motifs is 1. The molecule has 186 valence electrons. The van der Waals surface area contributed by atoms with Gasteiger partial charge in [-0.15, -0.1) is 0 Å². The molecular weight excluding hydrogens is 436 g/mol. The largest absolute Gasteiger partial charge is 0.350 e. The van der Waals surface area contributed by atoms with Crippen molar-refractivity contribution in [1.29, 1.82) is 0 Å². The fraction of sp³-hybridized carbons (Fsp3) is 0.483. The van der Waals surface area contributed by atoms with E-state index >= 15 is 0 Å². The second kappa shape index (κ2) is 10.6. The number of pyridine rings is 1. The second-order valence-electron chi connectivity index (χ2n) is 11.1. The van der Waals surface area contributed by atoms with Gasteiger partial charge in [-0.2, -0.15) is 0 Å². The Hall–Kier alpha value is -3.15. The molecule has 1 aliphatic rings. The fourth-order valence-electron chi connectivity index (χ4n) is 5.17. The molecule has 0 radical (unpaired) electrons. The number of imidazole rings is 1. The quantitative estimate of drug-likeness (QED) is 0.495. The number of nitrogens with one attached hydrogen (secondary N) is 1. The van der Waals surface area contributed by atoms with Crippen molar-refractivity contribution in [2.24, 2.45) is 11.3 Å². The molecule has 1 saturated heterocycles. The van der Waals surface area contributed by atoms with Crippen LogP contribution in [0.25, 0.3) is 5.65 Å². The van der Waals surface area contributed by atoms with E-state index in [0.717, 1.165) is 32.4 Å². The Morgan fingerprint density at radius 1 is 1.09 bits per heavy atom. The molecule has 2 aromatic heterocycles. The van der Waals surface area contributed by atoms with E-state index in [-0.39, 0.29) is 29.6 Å². The summed E-state index contributed by atoms with van der Waals surface area (Å²) in [5.74, 6) is 0.754. The minimum absolute atomic E-state index is 0.103. The molecule has 1 fully saturated rings. The molecule has 4 rings (SSSR count). The van der Waals surface area contributed by atoms with Gasteiger partial charge < -0.3 is 10.2 Å². The van der Waals surface area contributed by atoms with E-state index in [9.17, 15) is 9.59 Å². The number of piperidine rings is 1. The van der Waals surface area contributed by atoms with Gasteiger partial charge in [0.1, 0.15) is 11.3 Å². The predicted octanol–water partition coefficient (Wildman–Crippen LogP) is 5.09. The van der Waals surface area contributed by atoms with Crippen LogP contribution in [0.15, 0.2) is 54.7 Å². The van der Waals surface area contributed by atoms with Gasteiger partial charge in [0.25, 0.3) is 5.91 Å². The maximum Gasteiger partial charge on any atom is 0.268 e. The molecule has 3 heterocycles. The van der Waals surface area contributed by atoms with Gasteiger partial charge >= 0.3 is 0 Å². The zero-order valence-electron chi connectivity index (χ0n) is 21.5. The summed E-state index contributed by atoms with van der Waals surface area (Å²) in [4.78, 5) is 32.7. The van der Waals surface area contributed by atoms with Gasteiger partial charge in [-0.1, -0.05) is 64.1 Å². The average molecular weight is 475 g/mol. The van der Waals surface area contributed by atoms with E-state index in [2.05, 4.69) is 50.1 Å². The molecule has 3 aromatic rings. The Bertz CT molecular complexity index is 1170. The van der Waals surface area contributed by atoms with Gasteiger partial charge in [0, 0.05) is 31.7 Å². The Morgan fingerprint density at radius 2 is 1.86 bits per heavy atom. The van der Waals surface area contributed by atoms with Crippen molar-refractivity contribution < 1.29 is 9.59 Å². The lowest BCUT2D eigenvalue weighted by atomic mass is 9.84. The Morgan fingerprint density at radius 3 is 2.57 bits per heavy atom. The molecule has 1 aliphatic heterocycles. The minimum atomic E-state index is -0.131. The first kappa shape index (κ1) is 25.0. The Kier molecular flexibility index (Phi) is 7.58. The van der Waals surface area contributed by atoms with Gasteiger partial charge in [0.2, 0.25) is 5.91 Å². The summed E-state index contributed by atoms with van der Waals surface area (Å²) < 4.78 is 1.80. The number of nitrogens with zero attached hydrogens (tertiary/aromatic N) is 3. The maximum absolute atomic E-state index is 13.2. The van der Waals surface area contributed by atoms with Crippen LogP contribution in [-0.2, 0) is 11.2 Å². The summed E-state index contributed by atoms with van der Waals surface area (Å²) in [6.45, 7) is 11.0. The number of carbonyl (C=O) groups excluding carboxylic acids is 2. The van der Waals surface area contributed by atoms with Crippen LogP contribution < -0.4 is 5.32 Å². The molecule has 1 aromatic carbocycles. The van der Waals surface area contributed by atoms with E-state index < -0.39 is 0 Å². The van der Waals surface area contributed by atoms with E-state index in [0.29, 0.717) is 29.5 Å². The summed E-state index contributed by atoms with van der Waals surface area (Å²) >= 11 is 0. The van der Waals surface area contributed by atoms with Crippen molar-refractivity contribution in [3.05, 3.63) is 71.7 Å². The number of hydrogen-bond donors (Lipinski definition) is 1. The first-order chi connectivity index (χ1) is 16.7. The third-order valence-electron chi connectivity index (χ3n) is 6.90. The SMILES string of the molecule is CC(C)CC(CNC(=O)c1cccc2nc(CC(=O)N3CCCC(C)(C)C3)cn12)c1ccccc1. The lowest BCUT2D eigenvalue weighted by molar-refractivity contribution is -0.133. The van der Waals surface area contributed by atoms with Gasteiger partial charge in [-0.3, -0.25) is 14.0 Å². The zero-order valence-corrected chi connectivity index (χ0v) is 21.5. The number of carbonyl (C=O) groups is 2. The number of likely N-dealkylation sites (tertiary alicyclic amines) is 1. The summed E-state index contributed by atoms with van der Waals surface area (Å²) in [5.41, 5.74) is 3.31. The van der Waals surface area contributed by atoms with Crippen molar-refractivity contribution in [2.45, 2.75) is 59.3 Å². The first-order valence-electron chi connectivity index (χ1n) is 12.8. The zero-order chi connectivity index (χ0) is 25.0. The number of rotatable bonds is 8. The lowest BCUT2D eigenvalue weighted by Crippen LogP contribution is -2.44. The van der Waals surface area contributed by atoms with Gasteiger partial charge in [0.15, 0.2) is 0 Å². The molecule has 35 heavy (non-hydrogen) atoms. The third-order valence-corrected chi connectivity index (χ3v) is 6.90. The van der Waals surface area contributed by atoms with Crippen molar-refractivity contribution >= 4 is 17.5 Å². The molecule has 1 unspecified atom stereocenters. The monoisotopic (exact) mass is 474 g/mol. The normalized spacial score (nSPS) is 16.4. The third kappa shape index (κ3) is 6.30. The van der Waals surface area contributed by atoms with Crippen molar-refractivity contribution in [3.63, 3.8) is 0 Å². The highest BCUT2D eigenvalue weighted by Crippen LogP contribution is 2.28. The highest BCUT2D eigenvalue weighted by atomic mass is 16.2. The maximum atomic E-state index is 13.2. The lowest BCUT2D eigenvalue weighted by Gasteiger charge is -2.38. The van der Waals surface area contributed by atoms with Crippen molar-refractivity contribution in [1.82, 2.24) is 19.6 Å². The summed E-state index contributed by atoms with van der Waals surface area (Å²) in [6, 6.07) is 15.9. The number of benzene rings is 1. The average Bonchev–Trinajstić information content (AvgIpc) is 3.23. The number of aromatic nitrogens is 2. The van der Waals surface area contributed by atoms with Crippen LogP contribution in [0.3, 0.4) is 0 Å². The van der Waals surface area contributed by atoms with Crippen LogP contribution in [0.4, 0.5) is 0 Å². The standard InChI is InChI=1S/C29H38N4O2/c1-21(2)16-23(22-10-6-5-7-11-22)18-30-28(35)25-12-8-13-26-31-24(19-33(25)26)17-27(34)32-15-9-14-29(3,4)20-32/h5-8,10-13,19,21,23H,9,14-18,20H2,1-4H3,(H,30,35). The highest BCUT2D eigenvalue weighted by Gasteiger charge is 2.29. The van der Waals surface area contributed by atoms with E-state index in [1.807, 2.05) is 47.5 Å². The van der Waals surface area contributed by atoms with Gasteiger partial charge in [-0.05, 0) is 48.3 Å². The molecule has 0 aliphatic carbocycles. The fourth-order valence-corrected chi connectivity index (χ4v) is 5.17. The van der Waals surface area contributed by atoms with Crippen molar-refractivity contribution in [2.75, 3.05) is 19.6 Å². The van der Waals surface area contributed by atoms with Crippen LogP contribution in [0.1, 0.15) is 74.6 Å². The topological polar surface area (TPSA) is 66.7 Å². The molecule has 0 saturated carbocycles. The molecule has 2 amide bonds. The predicted molar refractivity (Wildman–Crippen MR) is 139 cm³/mol. The second-order valence-corrected chi connectivity index (χ2v) is 11.1. The van der Waals surface area contributed by atoms with Gasteiger partial charge in [0.05, 0.1) is 12.1 Å². The van der Waals surface area contributed by atoms with Crippen LogP contribution >= 0.6 is 0 Å². The summed E-state index contributed by atoms with van der Waals surface area (Å²) in [7, 11) is 0. The van der Waals surface area contributed by atoms with Crippen molar-refractivity contribution in [3.8, 4) is 0 Å². The van der Waals surface area contributed by atoms with Crippen LogP contribution in [0, 0.1) is 11.3 Å².